The van der Waals surface area contributed by atoms with Gasteiger partial charge in [0.1, 0.15) is 5.82 Å². The Bertz CT molecular complexity index is 519. The Hall–Kier alpha value is -1.03. The molecular weight excluding hydrogens is 281 g/mol. The van der Waals surface area contributed by atoms with Crippen LogP contribution < -0.4 is 5.32 Å². The van der Waals surface area contributed by atoms with Crippen molar-refractivity contribution in [3.63, 3.8) is 0 Å². The van der Waals surface area contributed by atoms with Crippen molar-refractivity contribution in [3.8, 4) is 0 Å². The Morgan fingerprint density at radius 3 is 2.63 bits per heavy atom. The summed E-state index contributed by atoms with van der Waals surface area (Å²) in [6.07, 6.45) is 0. The van der Waals surface area contributed by atoms with Gasteiger partial charge < -0.3 is 5.32 Å². The Morgan fingerprint density at radius 2 is 1.89 bits per heavy atom. The van der Waals surface area contributed by atoms with E-state index in [4.69, 9.17) is 11.6 Å². The van der Waals surface area contributed by atoms with E-state index in [1.807, 2.05) is 30.0 Å². The molecule has 0 atom stereocenters. The maximum Gasteiger partial charge on any atom is 0.141 e. The first kappa shape index (κ1) is 14.4. The van der Waals surface area contributed by atoms with E-state index in [1.54, 1.807) is 12.1 Å². The molecule has 0 unspecified atom stereocenters. The molecule has 0 fully saturated rings. The Balaban J connectivity index is 1.68. The van der Waals surface area contributed by atoms with Crippen molar-refractivity contribution in [2.45, 2.75) is 11.4 Å². The van der Waals surface area contributed by atoms with Gasteiger partial charge in [-0.05, 0) is 29.8 Å². The van der Waals surface area contributed by atoms with Crippen LogP contribution in [0.2, 0.25) is 5.02 Å². The molecule has 1 N–H and O–H groups in total. The van der Waals surface area contributed by atoms with E-state index >= 15 is 0 Å². The van der Waals surface area contributed by atoms with E-state index in [9.17, 15) is 4.39 Å². The minimum Gasteiger partial charge on any atom is -0.312 e. The van der Waals surface area contributed by atoms with E-state index in [1.165, 1.54) is 11.0 Å². The van der Waals surface area contributed by atoms with Crippen LogP contribution in [0.1, 0.15) is 5.56 Å². The summed E-state index contributed by atoms with van der Waals surface area (Å²) < 4.78 is 13.0. The van der Waals surface area contributed by atoms with Crippen LogP contribution in [0, 0.1) is 5.82 Å². The first-order valence-electron chi connectivity index (χ1n) is 6.08. The second-order valence-electron chi connectivity index (χ2n) is 4.09. The molecule has 100 valence electrons. The number of hydrogen-bond donors (Lipinski definition) is 1. The zero-order valence-corrected chi connectivity index (χ0v) is 12.0. The summed E-state index contributed by atoms with van der Waals surface area (Å²) >= 11 is 7.54. The lowest BCUT2D eigenvalue weighted by Gasteiger charge is -2.06. The topological polar surface area (TPSA) is 12.0 Å². The van der Waals surface area contributed by atoms with Crippen molar-refractivity contribution < 1.29 is 4.39 Å². The molecule has 0 radical (unpaired) electrons. The highest BCUT2D eigenvalue weighted by Crippen LogP contribution is 2.17. The third-order valence-electron chi connectivity index (χ3n) is 2.60. The van der Waals surface area contributed by atoms with Crippen molar-refractivity contribution in [1.29, 1.82) is 0 Å². The molecule has 0 aromatic heterocycles. The minimum atomic E-state index is -0.370. The van der Waals surface area contributed by atoms with E-state index in [0.29, 0.717) is 6.54 Å². The molecule has 0 saturated heterocycles. The second-order valence-corrected chi connectivity index (χ2v) is 5.66. The van der Waals surface area contributed by atoms with Gasteiger partial charge in [0.25, 0.3) is 0 Å². The van der Waals surface area contributed by atoms with Gasteiger partial charge in [0, 0.05) is 23.7 Å². The largest absolute Gasteiger partial charge is 0.312 e. The molecule has 0 bridgehead atoms. The summed E-state index contributed by atoms with van der Waals surface area (Å²) in [5.74, 6) is 0.629. The first-order chi connectivity index (χ1) is 9.25. The molecule has 0 amide bonds. The number of nitrogens with one attached hydrogen (secondary N) is 1. The van der Waals surface area contributed by atoms with Gasteiger partial charge in [0.05, 0.1) is 5.02 Å². The lowest BCUT2D eigenvalue weighted by Crippen LogP contribution is -2.16. The predicted molar refractivity (Wildman–Crippen MR) is 80.3 cm³/mol. The van der Waals surface area contributed by atoms with Gasteiger partial charge in [0.15, 0.2) is 0 Å². The average molecular weight is 296 g/mol. The van der Waals surface area contributed by atoms with Crippen LogP contribution in [0.3, 0.4) is 0 Å². The summed E-state index contributed by atoms with van der Waals surface area (Å²) in [6.45, 7) is 1.60. The number of rotatable bonds is 6. The fourth-order valence-electron chi connectivity index (χ4n) is 1.64. The Morgan fingerprint density at radius 1 is 1.11 bits per heavy atom. The Kier molecular flexibility index (Phi) is 5.70. The highest BCUT2D eigenvalue weighted by molar-refractivity contribution is 7.99. The predicted octanol–water partition coefficient (Wildman–Crippen LogP) is 4.36. The van der Waals surface area contributed by atoms with E-state index in [-0.39, 0.29) is 10.8 Å². The van der Waals surface area contributed by atoms with Gasteiger partial charge in [-0.2, -0.15) is 0 Å². The van der Waals surface area contributed by atoms with E-state index in [2.05, 4.69) is 17.4 Å². The van der Waals surface area contributed by atoms with Crippen LogP contribution >= 0.6 is 23.4 Å². The van der Waals surface area contributed by atoms with Gasteiger partial charge in [-0.25, -0.2) is 4.39 Å². The molecule has 19 heavy (non-hydrogen) atoms. The average Bonchev–Trinajstić information content (AvgIpc) is 2.43. The van der Waals surface area contributed by atoms with Gasteiger partial charge in [-0.15, -0.1) is 11.8 Å². The minimum absolute atomic E-state index is 0.179. The highest BCUT2D eigenvalue weighted by atomic mass is 35.5. The van der Waals surface area contributed by atoms with Gasteiger partial charge >= 0.3 is 0 Å². The van der Waals surface area contributed by atoms with Crippen LogP contribution in [-0.2, 0) is 6.54 Å². The second kappa shape index (κ2) is 7.53. The van der Waals surface area contributed by atoms with Gasteiger partial charge in [-0.3, -0.25) is 0 Å². The highest BCUT2D eigenvalue weighted by Gasteiger charge is 2.00. The third kappa shape index (κ3) is 4.86. The zero-order chi connectivity index (χ0) is 13.5. The zero-order valence-electron chi connectivity index (χ0n) is 10.4. The number of thioether (sulfide) groups is 1. The molecule has 0 aliphatic rings. The molecule has 4 heteroatoms. The SMILES string of the molecule is Fc1ccc(CNCCSc2ccccc2)cc1Cl. The van der Waals surface area contributed by atoms with Crippen LogP contribution in [0.25, 0.3) is 0 Å². The molecule has 0 saturated carbocycles. The van der Waals surface area contributed by atoms with Crippen LogP contribution in [0.15, 0.2) is 53.4 Å². The molecule has 0 heterocycles. The normalized spacial score (nSPS) is 10.6. The van der Waals surface area contributed by atoms with Crippen molar-refractivity contribution >= 4 is 23.4 Å². The number of halogens is 2. The Labute approximate surface area is 122 Å². The summed E-state index contributed by atoms with van der Waals surface area (Å²) in [7, 11) is 0. The maximum atomic E-state index is 13.0. The smallest absolute Gasteiger partial charge is 0.141 e. The molecule has 1 nitrogen and oxygen atoms in total. The fraction of sp³-hybridized carbons (Fsp3) is 0.200. The van der Waals surface area contributed by atoms with Crippen LogP contribution in [-0.4, -0.2) is 12.3 Å². The fourth-order valence-corrected chi connectivity index (χ4v) is 2.67. The lowest BCUT2D eigenvalue weighted by atomic mass is 10.2. The summed E-state index contributed by atoms with van der Waals surface area (Å²) in [4.78, 5) is 1.27. The molecular formula is C15H15ClFNS. The number of benzene rings is 2. The van der Waals surface area contributed by atoms with Gasteiger partial charge in [0.2, 0.25) is 0 Å². The monoisotopic (exact) mass is 295 g/mol. The van der Waals surface area contributed by atoms with E-state index < -0.39 is 0 Å². The van der Waals surface area contributed by atoms with E-state index in [0.717, 1.165) is 17.9 Å². The van der Waals surface area contributed by atoms with Crippen molar-refractivity contribution in [1.82, 2.24) is 5.32 Å². The molecule has 2 rings (SSSR count). The van der Waals surface area contributed by atoms with Crippen molar-refractivity contribution in [2.24, 2.45) is 0 Å². The summed E-state index contributed by atoms with van der Waals surface area (Å²) in [5.41, 5.74) is 0.996. The van der Waals surface area contributed by atoms with Crippen molar-refractivity contribution in [2.75, 3.05) is 12.3 Å². The molecule has 0 spiro atoms. The van der Waals surface area contributed by atoms with Crippen LogP contribution in [0.5, 0.6) is 0 Å². The standard InChI is InChI=1S/C15H15ClFNS/c16-14-10-12(6-7-15(14)17)11-18-8-9-19-13-4-2-1-3-5-13/h1-7,10,18H,8-9,11H2. The summed E-state index contributed by atoms with van der Waals surface area (Å²) in [6, 6.07) is 15.1. The van der Waals surface area contributed by atoms with Crippen LogP contribution in [0.4, 0.5) is 4.39 Å². The quantitative estimate of drug-likeness (QED) is 0.628. The van der Waals surface area contributed by atoms with Crippen molar-refractivity contribution in [3.05, 3.63) is 64.9 Å². The molecule has 0 aliphatic heterocycles. The summed E-state index contributed by atoms with van der Waals surface area (Å²) in [5, 5.41) is 3.50. The van der Waals surface area contributed by atoms with Gasteiger partial charge in [-0.1, -0.05) is 35.9 Å². The maximum absolute atomic E-state index is 13.0. The molecule has 2 aromatic carbocycles. The third-order valence-corrected chi connectivity index (χ3v) is 3.91. The lowest BCUT2D eigenvalue weighted by molar-refractivity contribution is 0.626. The molecule has 2 aromatic rings. The number of hydrogen-bond acceptors (Lipinski definition) is 2. The first-order valence-corrected chi connectivity index (χ1v) is 7.44. The molecule has 0 aliphatic carbocycles.